The first-order chi connectivity index (χ1) is 11.2. The number of phenols is 3. The van der Waals surface area contributed by atoms with Crippen molar-refractivity contribution in [3.8, 4) is 23.0 Å². The van der Waals surface area contributed by atoms with Crippen molar-refractivity contribution in [3.63, 3.8) is 0 Å². The summed E-state index contributed by atoms with van der Waals surface area (Å²) in [4.78, 5) is 11.4. The van der Waals surface area contributed by atoms with Gasteiger partial charge in [-0.2, -0.15) is 0 Å². The van der Waals surface area contributed by atoms with E-state index in [4.69, 9.17) is 4.74 Å². The number of rotatable bonds is 2. The summed E-state index contributed by atoms with van der Waals surface area (Å²) in [5.74, 6) is -1.98. The van der Waals surface area contributed by atoms with Crippen LogP contribution in [0.3, 0.4) is 0 Å². The van der Waals surface area contributed by atoms with Gasteiger partial charge in [-0.25, -0.2) is 8.42 Å². The van der Waals surface area contributed by atoms with Crippen molar-refractivity contribution in [2.24, 2.45) is 0 Å². The van der Waals surface area contributed by atoms with Gasteiger partial charge in [-0.3, -0.25) is 4.79 Å². The number of Topliss-reactive ketones (excluding diaryl/α,β-unsaturated/α-hetero) is 1. The summed E-state index contributed by atoms with van der Waals surface area (Å²) in [6, 6.07) is 5.41. The zero-order valence-corrected chi connectivity index (χ0v) is 15.8. The molecule has 0 spiro atoms. The van der Waals surface area contributed by atoms with Gasteiger partial charge in [0.2, 0.25) is 0 Å². The molecule has 1 atom stereocenters. The maximum absolute atomic E-state index is 12.2. The molecule has 1 aliphatic rings. The molecule has 3 N–H and O–H groups in total. The predicted octanol–water partition coefficient (Wildman–Crippen LogP) is -1.58. The molecule has 0 fully saturated rings. The fourth-order valence-corrected chi connectivity index (χ4v) is 3.15. The number of hydrogen-bond donors (Lipinski definition) is 3. The van der Waals surface area contributed by atoms with E-state index in [1.54, 1.807) is 0 Å². The normalized spacial score (nSPS) is 16.5. The van der Waals surface area contributed by atoms with Gasteiger partial charge in [-0.05, 0) is 17.7 Å². The fourth-order valence-electron chi connectivity index (χ4n) is 2.54. The van der Waals surface area contributed by atoms with Gasteiger partial charge in [0.15, 0.2) is 5.78 Å². The molecular formula is C15H11NaO8S. The maximum atomic E-state index is 12.2. The number of ketones is 1. The minimum absolute atomic E-state index is 0. The van der Waals surface area contributed by atoms with Gasteiger partial charge in [0.05, 0.1) is 11.3 Å². The van der Waals surface area contributed by atoms with Crippen molar-refractivity contribution in [2.45, 2.75) is 17.4 Å². The molecule has 0 aromatic heterocycles. The molecule has 2 aromatic carbocycles. The van der Waals surface area contributed by atoms with Crippen LogP contribution in [0.2, 0.25) is 0 Å². The second-order valence-electron chi connectivity index (χ2n) is 5.25. The molecule has 0 saturated heterocycles. The van der Waals surface area contributed by atoms with E-state index in [2.05, 4.69) is 0 Å². The van der Waals surface area contributed by atoms with Crippen molar-refractivity contribution in [3.05, 3.63) is 41.5 Å². The largest absolute Gasteiger partial charge is 1.00 e. The second kappa shape index (κ2) is 6.85. The van der Waals surface area contributed by atoms with Crippen LogP contribution in [-0.4, -0.2) is 34.1 Å². The number of benzene rings is 2. The first-order valence-corrected chi connectivity index (χ1v) is 8.12. The molecule has 2 aromatic rings. The molecule has 10 heteroatoms. The van der Waals surface area contributed by atoms with Crippen molar-refractivity contribution < 1.29 is 67.4 Å². The third-order valence-electron chi connectivity index (χ3n) is 3.61. The van der Waals surface area contributed by atoms with E-state index >= 15 is 0 Å². The Bertz CT molecular complexity index is 954. The van der Waals surface area contributed by atoms with E-state index < -0.39 is 38.4 Å². The van der Waals surface area contributed by atoms with E-state index in [1.807, 2.05) is 0 Å². The molecule has 1 unspecified atom stereocenters. The molecule has 0 bridgehead atoms. The first-order valence-electron chi connectivity index (χ1n) is 6.71. The number of carbonyl (C=O) groups excluding carboxylic acids is 1. The van der Waals surface area contributed by atoms with Crippen LogP contribution in [0.5, 0.6) is 23.0 Å². The van der Waals surface area contributed by atoms with Crippen LogP contribution in [-0.2, 0) is 10.1 Å². The van der Waals surface area contributed by atoms with Crippen LogP contribution < -0.4 is 34.3 Å². The Morgan fingerprint density at radius 3 is 2.40 bits per heavy atom. The van der Waals surface area contributed by atoms with E-state index in [9.17, 15) is 33.1 Å². The van der Waals surface area contributed by atoms with Gasteiger partial charge in [-0.15, -0.1) is 0 Å². The third-order valence-corrected chi connectivity index (χ3v) is 4.48. The summed E-state index contributed by atoms with van der Waals surface area (Å²) >= 11 is 0. The summed E-state index contributed by atoms with van der Waals surface area (Å²) in [6.45, 7) is 0. The topological polar surface area (TPSA) is 144 Å². The number of hydrogen-bond acceptors (Lipinski definition) is 8. The average molecular weight is 374 g/mol. The zero-order chi connectivity index (χ0) is 17.6. The summed E-state index contributed by atoms with van der Waals surface area (Å²) < 4.78 is 39.0. The van der Waals surface area contributed by atoms with E-state index in [-0.39, 0.29) is 58.6 Å². The molecule has 8 nitrogen and oxygen atoms in total. The Kier molecular flexibility index (Phi) is 5.35. The molecule has 0 saturated carbocycles. The number of aromatic hydroxyl groups is 3. The molecule has 25 heavy (non-hydrogen) atoms. The Morgan fingerprint density at radius 2 is 1.76 bits per heavy atom. The first kappa shape index (κ1) is 19.5. The van der Waals surface area contributed by atoms with Crippen molar-refractivity contribution in [1.82, 2.24) is 0 Å². The Hall–Kier alpha value is -1.78. The van der Waals surface area contributed by atoms with Crippen LogP contribution >= 0.6 is 0 Å². The van der Waals surface area contributed by atoms with Gasteiger partial charge in [-0.1, -0.05) is 6.07 Å². The van der Waals surface area contributed by atoms with Gasteiger partial charge < -0.3 is 24.6 Å². The standard InChI is InChI=1S/C15H12O8S.Na/c16-8-4-10(18)15-11(19)6-12(23-13(15)5-8)7-1-2-9(17)14(3-7)24(20,21)22;/h1-5,12,16-18H,6H2,(H,20,21,22);/q;+1/p-1. The van der Waals surface area contributed by atoms with Crippen molar-refractivity contribution in [2.75, 3.05) is 0 Å². The predicted molar refractivity (Wildman–Crippen MR) is 78.2 cm³/mol. The molecule has 3 rings (SSSR count). The third kappa shape index (κ3) is 3.75. The molecule has 0 radical (unpaired) electrons. The molecular weight excluding hydrogens is 363 g/mol. The summed E-state index contributed by atoms with van der Waals surface area (Å²) in [7, 11) is -4.90. The van der Waals surface area contributed by atoms with Gasteiger partial charge in [0.25, 0.3) is 0 Å². The van der Waals surface area contributed by atoms with Gasteiger partial charge >= 0.3 is 29.6 Å². The molecule has 0 amide bonds. The Labute approximate surface area is 164 Å². The molecule has 1 aliphatic heterocycles. The monoisotopic (exact) mass is 374 g/mol. The Balaban J connectivity index is 0.00000225. The quantitative estimate of drug-likeness (QED) is 0.422. The zero-order valence-electron chi connectivity index (χ0n) is 13.0. The number of ether oxygens (including phenoxy) is 1. The van der Waals surface area contributed by atoms with Crippen LogP contribution in [0.4, 0.5) is 0 Å². The summed E-state index contributed by atoms with van der Waals surface area (Å²) in [5, 5.41) is 28.7. The van der Waals surface area contributed by atoms with Gasteiger partial charge in [0.1, 0.15) is 44.8 Å². The molecule has 1 heterocycles. The number of phenolic OH excluding ortho intramolecular Hbond substituents is 3. The number of fused-ring (bicyclic) bond motifs is 1. The summed E-state index contributed by atoms with van der Waals surface area (Å²) in [5.41, 5.74) is 0.101. The van der Waals surface area contributed by atoms with E-state index in [0.29, 0.717) is 0 Å². The SMILES string of the molecule is O=C1CC(c2ccc(O)c(S(=O)(=O)[O-])c2)Oc2cc(O)cc(O)c21.[Na+]. The van der Waals surface area contributed by atoms with Gasteiger partial charge in [0, 0.05) is 12.1 Å². The minimum Gasteiger partial charge on any atom is -0.744 e. The van der Waals surface area contributed by atoms with Crippen molar-refractivity contribution >= 4 is 15.9 Å². The van der Waals surface area contributed by atoms with Crippen LogP contribution in [0.15, 0.2) is 35.2 Å². The second-order valence-corrected chi connectivity index (χ2v) is 6.60. The molecule has 126 valence electrons. The Morgan fingerprint density at radius 1 is 1.08 bits per heavy atom. The number of carbonyl (C=O) groups is 1. The fraction of sp³-hybridized carbons (Fsp3) is 0.133. The van der Waals surface area contributed by atoms with E-state index in [1.165, 1.54) is 6.07 Å². The van der Waals surface area contributed by atoms with Crippen LogP contribution in [0.1, 0.15) is 28.4 Å². The smallest absolute Gasteiger partial charge is 0.744 e. The van der Waals surface area contributed by atoms with Crippen molar-refractivity contribution in [1.29, 1.82) is 0 Å². The minimum atomic E-state index is -4.90. The summed E-state index contributed by atoms with van der Waals surface area (Å²) in [6.07, 6.45) is -1.15. The average Bonchev–Trinajstić information content (AvgIpc) is 2.45. The van der Waals surface area contributed by atoms with E-state index in [0.717, 1.165) is 24.3 Å². The van der Waals surface area contributed by atoms with Crippen LogP contribution in [0.25, 0.3) is 0 Å². The maximum Gasteiger partial charge on any atom is 1.00 e. The van der Waals surface area contributed by atoms with Crippen LogP contribution in [0, 0.1) is 0 Å². The molecule has 0 aliphatic carbocycles.